The van der Waals surface area contributed by atoms with Crippen molar-refractivity contribution in [2.45, 2.75) is 13.1 Å². The Labute approximate surface area is 139 Å². The Hall–Kier alpha value is -2.93. The SMILES string of the molecule is O=C(NCc1ccccc1[N+](=O)[O-])N(CCO)Cc1ccccc1. The van der Waals surface area contributed by atoms with E-state index in [0.29, 0.717) is 12.1 Å². The van der Waals surface area contributed by atoms with Crippen LogP contribution >= 0.6 is 0 Å². The number of nitro groups is 1. The predicted molar refractivity (Wildman–Crippen MR) is 89.3 cm³/mol. The monoisotopic (exact) mass is 329 g/mol. The van der Waals surface area contributed by atoms with Crippen LogP contribution in [0.1, 0.15) is 11.1 Å². The molecule has 2 rings (SSSR count). The zero-order valence-electron chi connectivity index (χ0n) is 13.1. The molecule has 0 saturated heterocycles. The van der Waals surface area contributed by atoms with Crippen LogP contribution < -0.4 is 5.32 Å². The number of nitro benzene ring substituents is 1. The lowest BCUT2D eigenvalue weighted by molar-refractivity contribution is -0.385. The van der Waals surface area contributed by atoms with Crippen molar-refractivity contribution >= 4 is 11.7 Å². The number of carbonyl (C=O) groups is 1. The summed E-state index contributed by atoms with van der Waals surface area (Å²) < 4.78 is 0. The van der Waals surface area contributed by atoms with E-state index in [1.165, 1.54) is 11.0 Å². The maximum atomic E-state index is 12.3. The fraction of sp³-hybridized carbons (Fsp3) is 0.235. The molecule has 0 heterocycles. The number of para-hydroxylation sites is 1. The van der Waals surface area contributed by atoms with E-state index in [1.807, 2.05) is 30.3 Å². The summed E-state index contributed by atoms with van der Waals surface area (Å²) in [7, 11) is 0. The molecule has 2 aromatic carbocycles. The number of nitrogens with zero attached hydrogens (tertiary/aromatic N) is 2. The molecule has 2 N–H and O–H groups in total. The summed E-state index contributed by atoms with van der Waals surface area (Å²) in [5.41, 5.74) is 1.33. The van der Waals surface area contributed by atoms with Gasteiger partial charge in [-0.25, -0.2) is 4.79 Å². The van der Waals surface area contributed by atoms with Crippen LogP contribution in [0.15, 0.2) is 54.6 Å². The zero-order chi connectivity index (χ0) is 17.4. The first kappa shape index (κ1) is 17.4. The number of nitrogens with one attached hydrogen (secondary N) is 1. The van der Waals surface area contributed by atoms with Gasteiger partial charge in [0.1, 0.15) is 0 Å². The second-order valence-electron chi connectivity index (χ2n) is 5.18. The highest BCUT2D eigenvalue weighted by Crippen LogP contribution is 2.17. The topological polar surface area (TPSA) is 95.7 Å². The molecule has 0 aromatic heterocycles. The summed E-state index contributed by atoms with van der Waals surface area (Å²) >= 11 is 0. The molecule has 7 heteroatoms. The number of benzene rings is 2. The molecule has 0 aliphatic carbocycles. The second kappa shape index (κ2) is 8.64. The lowest BCUT2D eigenvalue weighted by Gasteiger charge is -2.22. The van der Waals surface area contributed by atoms with Gasteiger partial charge >= 0.3 is 6.03 Å². The van der Waals surface area contributed by atoms with E-state index in [9.17, 15) is 14.9 Å². The Balaban J connectivity index is 2.02. The summed E-state index contributed by atoms with van der Waals surface area (Å²) in [4.78, 5) is 24.3. The smallest absolute Gasteiger partial charge is 0.318 e. The third kappa shape index (κ3) is 4.79. The van der Waals surface area contributed by atoms with Gasteiger partial charge in [0.05, 0.1) is 18.1 Å². The first-order valence-electron chi connectivity index (χ1n) is 7.51. The quantitative estimate of drug-likeness (QED) is 0.602. The maximum absolute atomic E-state index is 12.3. The molecule has 0 saturated carbocycles. The molecule has 24 heavy (non-hydrogen) atoms. The molecule has 0 bridgehead atoms. The third-order valence-electron chi connectivity index (χ3n) is 3.49. The van der Waals surface area contributed by atoms with E-state index in [4.69, 9.17) is 5.11 Å². The lowest BCUT2D eigenvalue weighted by atomic mass is 10.2. The van der Waals surface area contributed by atoms with E-state index in [1.54, 1.807) is 18.2 Å². The maximum Gasteiger partial charge on any atom is 0.318 e. The minimum absolute atomic E-state index is 0.0328. The number of urea groups is 1. The molecule has 0 aliphatic heterocycles. The second-order valence-corrected chi connectivity index (χ2v) is 5.18. The summed E-state index contributed by atoms with van der Waals surface area (Å²) in [6.45, 7) is 0.417. The molecule has 126 valence electrons. The van der Waals surface area contributed by atoms with Crippen LogP contribution in [0.2, 0.25) is 0 Å². The number of carbonyl (C=O) groups excluding carboxylic acids is 1. The van der Waals surface area contributed by atoms with Crippen molar-refractivity contribution in [3.05, 3.63) is 75.8 Å². The Bertz CT molecular complexity index is 691. The summed E-state index contributed by atoms with van der Waals surface area (Å²) in [6, 6.07) is 15.3. The van der Waals surface area contributed by atoms with Crippen molar-refractivity contribution in [1.29, 1.82) is 0 Å². The van der Waals surface area contributed by atoms with Crippen molar-refractivity contribution in [1.82, 2.24) is 10.2 Å². The van der Waals surface area contributed by atoms with Gasteiger partial charge < -0.3 is 15.3 Å². The fourth-order valence-corrected chi connectivity index (χ4v) is 2.30. The van der Waals surface area contributed by atoms with Gasteiger partial charge in [0, 0.05) is 24.7 Å². The summed E-state index contributed by atoms with van der Waals surface area (Å²) in [5.74, 6) is 0. The summed E-state index contributed by atoms with van der Waals surface area (Å²) in [5, 5.41) is 22.8. The van der Waals surface area contributed by atoms with Crippen LogP contribution in [-0.2, 0) is 13.1 Å². The van der Waals surface area contributed by atoms with Crippen LogP contribution in [0, 0.1) is 10.1 Å². The van der Waals surface area contributed by atoms with Crippen molar-refractivity contribution in [3.63, 3.8) is 0 Å². The highest BCUT2D eigenvalue weighted by atomic mass is 16.6. The molecule has 0 radical (unpaired) electrons. The molecule has 2 aromatic rings. The first-order chi connectivity index (χ1) is 11.6. The van der Waals surface area contributed by atoms with Crippen molar-refractivity contribution in [2.24, 2.45) is 0 Å². The van der Waals surface area contributed by atoms with Crippen LogP contribution in [0.25, 0.3) is 0 Å². The molecular weight excluding hydrogens is 310 g/mol. The minimum Gasteiger partial charge on any atom is -0.395 e. The van der Waals surface area contributed by atoms with Gasteiger partial charge in [-0.2, -0.15) is 0 Å². The van der Waals surface area contributed by atoms with Crippen LogP contribution in [-0.4, -0.2) is 34.1 Å². The van der Waals surface area contributed by atoms with Gasteiger partial charge in [-0.1, -0.05) is 48.5 Å². The van der Waals surface area contributed by atoms with Crippen LogP contribution in [0.4, 0.5) is 10.5 Å². The number of rotatable bonds is 7. The number of hydrogen-bond donors (Lipinski definition) is 2. The minimum atomic E-state index is -0.475. The van der Waals surface area contributed by atoms with E-state index in [2.05, 4.69) is 5.32 Å². The van der Waals surface area contributed by atoms with E-state index < -0.39 is 4.92 Å². The standard InChI is InChI=1S/C17H19N3O4/c21-11-10-19(13-14-6-2-1-3-7-14)17(22)18-12-15-8-4-5-9-16(15)20(23)24/h1-9,21H,10-13H2,(H,18,22). The average Bonchev–Trinajstić information content (AvgIpc) is 2.60. The average molecular weight is 329 g/mol. The Morgan fingerprint density at radius 2 is 1.79 bits per heavy atom. The zero-order valence-corrected chi connectivity index (χ0v) is 13.1. The Morgan fingerprint density at radius 1 is 1.12 bits per heavy atom. The number of aliphatic hydroxyl groups is 1. The largest absolute Gasteiger partial charge is 0.395 e. The number of aliphatic hydroxyl groups excluding tert-OH is 1. The van der Waals surface area contributed by atoms with Gasteiger partial charge in [0.25, 0.3) is 5.69 Å². The van der Waals surface area contributed by atoms with Crippen LogP contribution in [0.3, 0.4) is 0 Å². The lowest BCUT2D eigenvalue weighted by Crippen LogP contribution is -2.40. The highest BCUT2D eigenvalue weighted by molar-refractivity contribution is 5.74. The predicted octanol–water partition coefficient (Wildman–Crippen LogP) is 2.30. The molecule has 0 atom stereocenters. The molecule has 0 fully saturated rings. The Morgan fingerprint density at radius 3 is 2.46 bits per heavy atom. The normalized spacial score (nSPS) is 10.2. The molecule has 0 spiro atoms. The Kier molecular flexibility index (Phi) is 6.27. The third-order valence-corrected chi connectivity index (χ3v) is 3.49. The van der Waals surface area contributed by atoms with Crippen molar-refractivity contribution in [3.8, 4) is 0 Å². The molecule has 0 unspecified atom stereocenters. The molecule has 7 nitrogen and oxygen atoms in total. The molecule has 2 amide bonds. The number of hydrogen-bond acceptors (Lipinski definition) is 4. The molecular formula is C17H19N3O4. The van der Waals surface area contributed by atoms with E-state index in [-0.39, 0.29) is 31.4 Å². The van der Waals surface area contributed by atoms with E-state index in [0.717, 1.165) is 5.56 Å². The fourth-order valence-electron chi connectivity index (χ4n) is 2.30. The molecule has 0 aliphatic rings. The highest BCUT2D eigenvalue weighted by Gasteiger charge is 2.16. The van der Waals surface area contributed by atoms with Gasteiger partial charge in [0.2, 0.25) is 0 Å². The van der Waals surface area contributed by atoms with Crippen LogP contribution in [0.5, 0.6) is 0 Å². The first-order valence-corrected chi connectivity index (χ1v) is 7.51. The van der Waals surface area contributed by atoms with Crippen molar-refractivity contribution < 1.29 is 14.8 Å². The van der Waals surface area contributed by atoms with E-state index >= 15 is 0 Å². The van der Waals surface area contributed by atoms with Gasteiger partial charge in [-0.05, 0) is 5.56 Å². The van der Waals surface area contributed by atoms with Gasteiger partial charge in [0.15, 0.2) is 0 Å². The summed E-state index contributed by atoms with van der Waals surface area (Å²) in [6.07, 6.45) is 0. The number of amides is 2. The van der Waals surface area contributed by atoms with Crippen molar-refractivity contribution in [2.75, 3.05) is 13.2 Å². The van der Waals surface area contributed by atoms with Gasteiger partial charge in [-0.3, -0.25) is 10.1 Å². The van der Waals surface area contributed by atoms with Gasteiger partial charge in [-0.15, -0.1) is 0 Å².